The van der Waals surface area contributed by atoms with Crippen LogP contribution < -0.4 is 4.74 Å². The molecule has 0 saturated carbocycles. The number of ketones is 1. The highest BCUT2D eigenvalue weighted by molar-refractivity contribution is 6.30. The van der Waals surface area contributed by atoms with Crippen LogP contribution in [0.5, 0.6) is 5.75 Å². The van der Waals surface area contributed by atoms with E-state index in [2.05, 4.69) is 5.10 Å². The molecular weight excluding hydrogens is 340 g/mol. The normalized spacial score (nSPS) is 11.2. The zero-order valence-electron chi connectivity index (χ0n) is 13.9. The monoisotopic (exact) mass is 356 g/mol. The largest absolute Gasteiger partial charge is 0.486 e. The van der Waals surface area contributed by atoms with Crippen LogP contribution in [0.3, 0.4) is 0 Å². The van der Waals surface area contributed by atoms with E-state index in [-0.39, 0.29) is 12.4 Å². The third kappa shape index (κ3) is 4.39. The number of aromatic nitrogens is 2. The van der Waals surface area contributed by atoms with Gasteiger partial charge in [0.25, 0.3) is 0 Å². The van der Waals surface area contributed by atoms with Crippen LogP contribution in [0.4, 0.5) is 0 Å². The Kier molecular flexibility index (Phi) is 5.05. The fourth-order valence-corrected chi connectivity index (χ4v) is 2.54. The van der Waals surface area contributed by atoms with Gasteiger partial charge in [0.1, 0.15) is 29.6 Å². The summed E-state index contributed by atoms with van der Waals surface area (Å²) in [5.74, 6) is 1.78. The fraction of sp³-hybridized carbons (Fsp3) is 0.158. The number of ether oxygens (including phenoxy) is 1. The van der Waals surface area contributed by atoms with Crippen molar-refractivity contribution in [2.75, 3.05) is 0 Å². The topological polar surface area (TPSA) is 57.3 Å². The third-order valence-electron chi connectivity index (χ3n) is 3.51. The molecule has 0 saturated heterocycles. The summed E-state index contributed by atoms with van der Waals surface area (Å²) in [6.07, 6.45) is 3.10. The summed E-state index contributed by atoms with van der Waals surface area (Å²) < 4.78 is 12.8. The van der Waals surface area contributed by atoms with Crippen LogP contribution in [0.25, 0.3) is 6.08 Å². The molecule has 0 aliphatic carbocycles. The van der Waals surface area contributed by atoms with Crippen molar-refractivity contribution in [3.05, 3.63) is 76.5 Å². The quantitative estimate of drug-likeness (QED) is 0.483. The maximum absolute atomic E-state index is 12.2. The molecular formula is C19H17ClN2O3. The van der Waals surface area contributed by atoms with E-state index in [0.29, 0.717) is 28.0 Å². The molecule has 0 N–H and O–H groups in total. The highest BCUT2D eigenvalue weighted by atomic mass is 35.5. The molecule has 0 aliphatic rings. The summed E-state index contributed by atoms with van der Waals surface area (Å²) in [5, 5.41) is 4.78. The third-order valence-corrected chi connectivity index (χ3v) is 3.75. The molecule has 0 aliphatic heterocycles. The smallest absolute Gasteiger partial charge is 0.203 e. The maximum Gasteiger partial charge on any atom is 0.203 e. The van der Waals surface area contributed by atoms with Crippen LogP contribution in [0.2, 0.25) is 5.02 Å². The SMILES string of the molecule is Cc1cc(C(=O)/C=C/c2ccc(COc3cccc(Cl)c3)o2)n(C)n1. The fourth-order valence-electron chi connectivity index (χ4n) is 2.36. The first-order chi connectivity index (χ1) is 12.0. The van der Waals surface area contributed by atoms with Gasteiger partial charge in [-0.2, -0.15) is 5.10 Å². The van der Waals surface area contributed by atoms with Crippen LogP contribution in [-0.2, 0) is 13.7 Å². The van der Waals surface area contributed by atoms with Crippen molar-refractivity contribution in [2.24, 2.45) is 7.05 Å². The number of aryl methyl sites for hydroxylation is 2. The van der Waals surface area contributed by atoms with Crippen LogP contribution in [0, 0.1) is 6.92 Å². The maximum atomic E-state index is 12.2. The molecule has 0 unspecified atom stereocenters. The van der Waals surface area contributed by atoms with Crippen molar-refractivity contribution < 1.29 is 13.9 Å². The van der Waals surface area contributed by atoms with Crippen molar-refractivity contribution in [3.63, 3.8) is 0 Å². The number of furan rings is 1. The number of benzene rings is 1. The minimum atomic E-state index is -0.128. The lowest BCUT2D eigenvalue weighted by atomic mass is 10.2. The molecule has 3 rings (SSSR count). The van der Waals surface area contributed by atoms with E-state index in [1.165, 1.54) is 6.08 Å². The number of carbonyl (C=O) groups excluding carboxylic acids is 1. The molecule has 2 aromatic heterocycles. The molecule has 6 heteroatoms. The van der Waals surface area contributed by atoms with Gasteiger partial charge in [0.2, 0.25) is 5.78 Å². The summed E-state index contributed by atoms with van der Waals surface area (Å²) >= 11 is 5.91. The van der Waals surface area contributed by atoms with Crippen molar-refractivity contribution >= 4 is 23.5 Å². The summed E-state index contributed by atoms with van der Waals surface area (Å²) in [7, 11) is 1.74. The van der Waals surface area contributed by atoms with E-state index in [0.717, 1.165) is 5.69 Å². The van der Waals surface area contributed by atoms with Crippen molar-refractivity contribution in [1.29, 1.82) is 0 Å². The molecule has 0 fully saturated rings. The lowest BCUT2D eigenvalue weighted by Crippen LogP contribution is -2.03. The van der Waals surface area contributed by atoms with Crippen LogP contribution in [0.15, 0.2) is 53.0 Å². The molecule has 0 bridgehead atoms. The van der Waals surface area contributed by atoms with Gasteiger partial charge in [0.05, 0.1) is 5.69 Å². The minimum Gasteiger partial charge on any atom is -0.486 e. The molecule has 128 valence electrons. The van der Waals surface area contributed by atoms with Crippen LogP contribution in [-0.4, -0.2) is 15.6 Å². The zero-order chi connectivity index (χ0) is 17.8. The standard InChI is InChI=1S/C19H17ClN2O3/c1-13-10-18(22(2)21-13)19(23)9-8-15-6-7-17(25-15)12-24-16-5-3-4-14(20)11-16/h3-11H,12H2,1-2H3/b9-8+. The van der Waals surface area contributed by atoms with Crippen molar-refractivity contribution in [3.8, 4) is 5.75 Å². The number of rotatable bonds is 6. The van der Waals surface area contributed by atoms with Crippen molar-refractivity contribution in [2.45, 2.75) is 13.5 Å². The Bertz CT molecular complexity index is 924. The number of halogens is 1. The van der Waals surface area contributed by atoms with Gasteiger partial charge in [-0.05, 0) is 55.5 Å². The average Bonchev–Trinajstić information content (AvgIpc) is 3.17. The molecule has 3 aromatic rings. The van der Waals surface area contributed by atoms with E-state index in [9.17, 15) is 4.79 Å². The molecule has 5 nitrogen and oxygen atoms in total. The summed E-state index contributed by atoms with van der Waals surface area (Å²) in [4.78, 5) is 12.2. The molecule has 25 heavy (non-hydrogen) atoms. The van der Waals surface area contributed by atoms with Gasteiger partial charge >= 0.3 is 0 Å². The Morgan fingerprint density at radius 1 is 1.32 bits per heavy atom. The number of hydrogen-bond acceptors (Lipinski definition) is 4. The molecule has 2 heterocycles. The molecule has 0 radical (unpaired) electrons. The Labute approximate surface area is 150 Å². The van der Waals surface area contributed by atoms with Gasteiger partial charge in [0.15, 0.2) is 0 Å². The van der Waals surface area contributed by atoms with Crippen LogP contribution in [0.1, 0.15) is 27.7 Å². The van der Waals surface area contributed by atoms with Crippen molar-refractivity contribution in [1.82, 2.24) is 9.78 Å². The first-order valence-corrected chi connectivity index (χ1v) is 8.09. The van der Waals surface area contributed by atoms with Gasteiger partial charge in [0, 0.05) is 12.1 Å². The van der Waals surface area contributed by atoms with E-state index in [4.69, 9.17) is 20.8 Å². The molecule has 0 spiro atoms. The van der Waals surface area contributed by atoms with E-state index >= 15 is 0 Å². The number of hydrogen-bond donors (Lipinski definition) is 0. The summed E-state index contributed by atoms with van der Waals surface area (Å²) in [5.41, 5.74) is 1.34. The number of allylic oxidation sites excluding steroid dienone is 1. The second-order valence-electron chi connectivity index (χ2n) is 5.54. The predicted molar refractivity (Wildman–Crippen MR) is 95.8 cm³/mol. The lowest BCUT2D eigenvalue weighted by Gasteiger charge is -2.03. The highest BCUT2D eigenvalue weighted by Gasteiger charge is 2.09. The summed E-state index contributed by atoms with van der Waals surface area (Å²) in [6.45, 7) is 2.13. The number of nitrogens with zero attached hydrogens (tertiary/aromatic N) is 2. The Hall–Kier alpha value is -2.79. The second kappa shape index (κ2) is 7.40. The Balaban J connectivity index is 1.61. The van der Waals surface area contributed by atoms with Gasteiger partial charge in [-0.15, -0.1) is 0 Å². The Morgan fingerprint density at radius 2 is 2.16 bits per heavy atom. The molecule has 0 amide bonds. The van der Waals surface area contributed by atoms with Gasteiger partial charge < -0.3 is 9.15 Å². The molecule has 1 aromatic carbocycles. The zero-order valence-corrected chi connectivity index (χ0v) is 14.7. The highest BCUT2D eigenvalue weighted by Crippen LogP contribution is 2.19. The second-order valence-corrected chi connectivity index (χ2v) is 5.98. The minimum absolute atomic E-state index is 0.128. The Morgan fingerprint density at radius 3 is 2.88 bits per heavy atom. The first-order valence-electron chi connectivity index (χ1n) is 7.71. The van der Waals surface area contributed by atoms with Gasteiger partial charge in [-0.1, -0.05) is 17.7 Å². The van der Waals surface area contributed by atoms with E-state index in [1.54, 1.807) is 42.1 Å². The van der Waals surface area contributed by atoms with E-state index < -0.39 is 0 Å². The van der Waals surface area contributed by atoms with Gasteiger partial charge in [-0.3, -0.25) is 9.48 Å². The van der Waals surface area contributed by atoms with E-state index in [1.807, 2.05) is 25.1 Å². The average molecular weight is 357 g/mol. The van der Waals surface area contributed by atoms with Crippen LogP contribution >= 0.6 is 11.6 Å². The lowest BCUT2D eigenvalue weighted by molar-refractivity contribution is 0.103. The predicted octanol–water partition coefficient (Wildman–Crippen LogP) is 4.45. The number of carbonyl (C=O) groups is 1. The van der Waals surface area contributed by atoms with Gasteiger partial charge in [-0.25, -0.2) is 0 Å². The first kappa shape index (κ1) is 17.0. The summed E-state index contributed by atoms with van der Waals surface area (Å²) in [6, 6.07) is 12.5. The molecule has 0 atom stereocenters.